The number of fused-ring (bicyclic) bond motifs is 5. The molecule has 168 valence electrons. The molecule has 0 radical (unpaired) electrons. The van der Waals surface area contributed by atoms with Crippen LogP contribution in [0, 0.1) is 27.8 Å². The summed E-state index contributed by atoms with van der Waals surface area (Å²) in [5.74, 6) is -3.79. The Morgan fingerprint density at radius 1 is 0.794 bits per heavy atom. The van der Waals surface area contributed by atoms with E-state index in [0.29, 0.717) is 5.57 Å². The van der Waals surface area contributed by atoms with Gasteiger partial charge in [0.1, 0.15) is 11.7 Å². The number of hydrogen-bond donors (Lipinski definition) is 0. The van der Waals surface area contributed by atoms with E-state index in [0.717, 1.165) is 34.0 Å². The second-order valence-corrected chi connectivity index (χ2v) is 8.61. The van der Waals surface area contributed by atoms with Crippen molar-refractivity contribution in [2.75, 3.05) is 9.80 Å². The molecule has 3 aromatic rings. The van der Waals surface area contributed by atoms with Crippen LogP contribution in [0.25, 0.3) is 5.57 Å². The second-order valence-electron chi connectivity index (χ2n) is 8.61. The van der Waals surface area contributed by atoms with Crippen LogP contribution in [-0.4, -0.2) is 28.8 Å². The number of para-hydroxylation sites is 2. The molecule has 1 fully saturated rings. The number of nitrogens with zero attached hydrogens (tertiary/aromatic N) is 3. The molecule has 7 nitrogen and oxygen atoms in total. The van der Waals surface area contributed by atoms with Crippen LogP contribution in [0.5, 0.6) is 0 Å². The molecule has 3 aliphatic rings. The fourth-order valence-corrected chi connectivity index (χ4v) is 5.53. The van der Waals surface area contributed by atoms with E-state index in [1.54, 1.807) is 0 Å². The molecule has 2 aliphatic heterocycles. The lowest BCUT2D eigenvalue weighted by Gasteiger charge is -2.36. The second kappa shape index (κ2) is 7.34. The van der Waals surface area contributed by atoms with Crippen LogP contribution < -0.4 is 9.80 Å². The zero-order valence-corrected chi connectivity index (χ0v) is 17.7. The Bertz CT molecular complexity index is 1370. The van der Waals surface area contributed by atoms with Crippen LogP contribution in [0.15, 0.2) is 84.9 Å². The van der Waals surface area contributed by atoms with Gasteiger partial charge >= 0.3 is 0 Å². The molecule has 4 unspecified atom stereocenters. The molecule has 0 saturated carbocycles. The molecule has 6 rings (SSSR count). The summed E-state index contributed by atoms with van der Waals surface area (Å²) in [4.78, 5) is 41.9. The first kappa shape index (κ1) is 20.3. The number of imide groups is 1. The zero-order chi connectivity index (χ0) is 23.6. The van der Waals surface area contributed by atoms with E-state index in [1.807, 2.05) is 59.5 Å². The minimum Gasteiger partial charge on any atom is -0.333 e. The van der Waals surface area contributed by atoms with E-state index in [1.165, 1.54) is 18.2 Å². The Labute approximate surface area is 193 Å². The average molecular weight is 455 g/mol. The first-order chi connectivity index (χ1) is 16.5. The van der Waals surface area contributed by atoms with Crippen molar-refractivity contribution >= 4 is 34.4 Å². The fraction of sp³-hybridized carbons (Fsp3) is 0.154. The molecule has 0 aromatic heterocycles. The van der Waals surface area contributed by atoms with E-state index in [2.05, 4.69) is 0 Å². The highest BCUT2D eigenvalue weighted by molar-refractivity contribution is 6.24. The standard InChI is InChI=1S/C26H18FN3O4/c27-15-10-12-17(13-11-15)29-25(31)22-21(30(33)34)14-19-18-8-4-5-9-20(18)28(16-6-2-1-3-7-16)24(19)23(22)26(29)32/h1-14,21-24H. The van der Waals surface area contributed by atoms with Crippen LogP contribution in [0.1, 0.15) is 5.56 Å². The van der Waals surface area contributed by atoms with Gasteiger partial charge in [0.25, 0.3) is 0 Å². The van der Waals surface area contributed by atoms with Gasteiger partial charge in [-0.05, 0) is 54.1 Å². The molecule has 0 N–H and O–H groups in total. The largest absolute Gasteiger partial charge is 0.333 e. The van der Waals surface area contributed by atoms with Gasteiger partial charge in [-0.1, -0.05) is 36.4 Å². The van der Waals surface area contributed by atoms with E-state index >= 15 is 0 Å². The topological polar surface area (TPSA) is 83.8 Å². The summed E-state index contributed by atoms with van der Waals surface area (Å²) in [5.41, 5.74) is 3.33. The molecule has 34 heavy (non-hydrogen) atoms. The Balaban J connectivity index is 1.55. The van der Waals surface area contributed by atoms with Crippen molar-refractivity contribution in [3.63, 3.8) is 0 Å². The van der Waals surface area contributed by atoms with E-state index < -0.39 is 46.5 Å². The van der Waals surface area contributed by atoms with Gasteiger partial charge in [-0.3, -0.25) is 19.7 Å². The van der Waals surface area contributed by atoms with Crippen LogP contribution >= 0.6 is 0 Å². The molecule has 3 aromatic carbocycles. The maximum absolute atomic E-state index is 13.8. The predicted molar refractivity (Wildman–Crippen MR) is 123 cm³/mol. The highest BCUT2D eigenvalue weighted by Crippen LogP contribution is 2.54. The highest BCUT2D eigenvalue weighted by atomic mass is 19.1. The third-order valence-corrected chi connectivity index (χ3v) is 6.89. The zero-order valence-electron chi connectivity index (χ0n) is 17.7. The quantitative estimate of drug-likeness (QED) is 0.336. The van der Waals surface area contributed by atoms with Crippen molar-refractivity contribution in [2.45, 2.75) is 12.1 Å². The lowest BCUT2D eigenvalue weighted by molar-refractivity contribution is -0.517. The third kappa shape index (κ3) is 2.75. The van der Waals surface area contributed by atoms with E-state index in [9.17, 15) is 24.1 Å². The number of carbonyl (C=O) groups excluding carboxylic acids is 2. The number of amides is 2. The summed E-state index contributed by atoms with van der Waals surface area (Å²) in [6.45, 7) is 0. The molecule has 2 amide bonds. The number of carbonyl (C=O) groups is 2. The molecular formula is C26H18FN3O4. The lowest BCUT2D eigenvalue weighted by Crippen LogP contribution is -2.48. The van der Waals surface area contributed by atoms with Gasteiger partial charge in [0, 0.05) is 21.9 Å². The highest BCUT2D eigenvalue weighted by Gasteiger charge is 2.63. The Morgan fingerprint density at radius 3 is 2.15 bits per heavy atom. The van der Waals surface area contributed by atoms with Crippen LogP contribution in [-0.2, 0) is 9.59 Å². The lowest BCUT2D eigenvalue weighted by atomic mass is 9.74. The van der Waals surface area contributed by atoms with Gasteiger partial charge in [0.15, 0.2) is 0 Å². The molecule has 1 aliphatic carbocycles. The average Bonchev–Trinajstić information content (AvgIpc) is 3.31. The summed E-state index contributed by atoms with van der Waals surface area (Å²) >= 11 is 0. The molecule has 0 spiro atoms. The maximum atomic E-state index is 13.8. The maximum Gasteiger partial charge on any atom is 0.245 e. The van der Waals surface area contributed by atoms with Gasteiger partial charge in [-0.2, -0.15) is 0 Å². The molecule has 1 saturated heterocycles. The summed E-state index contributed by atoms with van der Waals surface area (Å²) < 4.78 is 13.5. The van der Waals surface area contributed by atoms with Crippen molar-refractivity contribution in [1.29, 1.82) is 0 Å². The number of anilines is 3. The molecule has 4 atom stereocenters. The van der Waals surface area contributed by atoms with Crippen molar-refractivity contribution in [3.8, 4) is 0 Å². The van der Waals surface area contributed by atoms with Crippen LogP contribution in [0.4, 0.5) is 21.5 Å². The van der Waals surface area contributed by atoms with Gasteiger partial charge in [-0.15, -0.1) is 0 Å². The molecule has 0 bridgehead atoms. The minimum atomic E-state index is -1.35. The fourth-order valence-electron chi connectivity index (χ4n) is 5.53. The predicted octanol–water partition coefficient (Wildman–Crippen LogP) is 4.19. The molecule has 8 heteroatoms. The summed E-state index contributed by atoms with van der Waals surface area (Å²) in [5, 5.41) is 12.1. The van der Waals surface area contributed by atoms with Gasteiger partial charge in [0.05, 0.1) is 17.6 Å². The Morgan fingerprint density at radius 2 is 1.44 bits per heavy atom. The molecular weight excluding hydrogens is 437 g/mol. The first-order valence-electron chi connectivity index (χ1n) is 10.9. The Kier molecular flexibility index (Phi) is 4.38. The smallest absolute Gasteiger partial charge is 0.245 e. The minimum absolute atomic E-state index is 0.205. The number of benzene rings is 3. The van der Waals surface area contributed by atoms with Crippen LogP contribution in [0.2, 0.25) is 0 Å². The third-order valence-electron chi connectivity index (χ3n) is 6.89. The number of halogens is 1. The number of rotatable bonds is 3. The van der Waals surface area contributed by atoms with Crippen molar-refractivity contribution in [1.82, 2.24) is 0 Å². The first-order valence-corrected chi connectivity index (χ1v) is 10.9. The van der Waals surface area contributed by atoms with Gasteiger partial charge in [0.2, 0.25) is 17.9 Å². The van der Waals surface area contributed by atoms with Crippen LogP contribution in [0.3, 0.4) is 0 Å². The monoisotopic (exact) mass is 455 g/mol. The van der Waals surface area contributed by atoms with E-state index in [4.69, 9.17) is 0 Å². The van der Waals surface area contributed by atoms with Crippen molar-refractivity contribution in [2.24, 2.45) is 11.8 Å². The summed E-state index contributed by atoms with van der Waals surface area (Å²) in [7, 11) is 0. The van der Waals surface area contributed by atoms with Gasteiger partial charge < -0.3 is 4.90 Å². The summed E-state index contributed by atoms with van der Waals surface area (Å²) in [6.07, 6.45) is 1.53. The number of nitro groups is 1. The van der Waals surface area contributed by atoms with Crippen molar-refractivity contribution in [3.05, 3.63) is 106 Å². The SMILES string of the molecule is O=C1C2C(C(=O)N1c1ccc(F)cc1)C([N+](=O)[O-])C=C1c3ccccc3N(c3ccccc3)C12. The van der Waals surface area contributed by atoms with E-state index in [-0.39, 0.29) is 5.69 Å². The number of hydrogen-bond acceptors (Lipinski definition) is 5. The van der Waals surface area contributed by atoms with Gasteiger partial charge in [-0.25, -0.2) is 9.29 Å². The molecule has 2 heterocycles. The summed E-state index contributed by atoms with van der Waals surface area (Å²) in [6, 6.07) is 20.1. The Hall–Kier alpha value is -4.33. The normalized spacial score (nSPS) is 25.0. The van der Waals surface area contributed by atoms with Crippen molar-refractivity contribution < 1.29 is 18.9 Å².